The van der Waals surface area contributed by atoms with Gasteiger partial charge >= 0.3 is 0 Å². The van der Waals surface area contributed by atoms with Gasteiger partial charge in [0.1, 0.15) is 0 Å². The summed E-state index contributed by atoms with van der Waals surface area (Å²) in [5.74, 6) is 0. The lowest BCUT2D eigenvalue weighted by atomic mass is 9.86. The molecule has 1 atom stereocenters. The lowest BCUT2D eigenvalue weighted by molar-refractivity contribution is 0.119. The Morgan fingerprint density at radius 1 is 1.43 bits per heavy atom. The van der Waals surface area contributed by atoms with Crippen LogP contribution in [0.4, 0.5) is 0 Å². The van der Waals surface area contributed by atoms with Crippen molar-refractivity contribution < 1.29 is 4.74 Å². The molecule has 2 heterocycles. The number of likely N-dealkylation sites (N-methyl/N-ethyl adjacent to an activating group) is 1. The van der Waals surface area contributed by atoms with Crippen LogP contribution in [0.2, 0.25) is 0 Å². The van der Waals surface area contributed by atoms with Crippen molar-refractivity contribution in [2.45, 2.75) is 31.7 Å². The molecule has 3 rings (SSSR count). The Hall–Kier alpha value is -0.970. The van der Waals surface area contributed by atoms with Crippen molar-refractivity contribution in [3.05, 3.63) is 30.1 Å². The summed E-state index contributed by atoms with van der Waals surface area (Å²) in [6.45, 7) is 5.09. The number of ether oxygens (including phenoxy) is 1. The highest BCUT2D eigenvalue weighted by Gasteiger charge is 2.37. The van der Waals surface area contributed by atoms with Crippen molar-refractivity contribution in [3.63, 3.8) is 0 Å². The van der Waals surface area contributed by atoms with Gasteiger partial charge < -0.3 is 15.0 Å². The van der Waals surface area contributed by atoms with Gasteiger partial charge in [-0.25, -0.2) is 0 Å². The molecule has 0 aromatic carbocycles. The monoisotopic (exact) mass is 289 g/mol. The third-order valence-corrected chi connectivity index (χ3v) is 4.61. The Balaban J connectivity index is 1.47. The maximum Gasteiger partial charge on any atom is 0.0547 e. The van der Waals surface area contributed by atoms with Gasteiger partial charge in [-0.15, -0.1) is 0 Å². The molecule has 4 heteroatoms. The first-order chi connectivity index (χ1) is 10.3. The van der Waals surface area contributed by atoms with Crippen LogP contribution in [0, 0.1) is 5.41 Å². The number of pyridine rings is 1. The van der Waals surface area contributed by atoms with E-state index in [0.717, 1.165) is 45.3 Å². The highest BCUT2D eigenvalue weighted by molar-refractivity contribution is 5.03. The number of hydrogen-bond donors (Lipinski definition) is 1. The van der Waals surface area contributed by atoms with Crippen LogP contribution in [-0.2, 0) is 11.2 Å². The quantitative estimate of drug-likeness (QED) is 0.790. The summed E-state index contributed by atoms with van der Waals surface area (Å²) in [6, 6.07) is 6.92. The van der Waals surface area contributed by atoms with Gasteiger partial charge in [0.25, 0.3) is 0 Å². The van der Waals surface area contributed by atoms with Crippen LogP contribution in [0.5, 0.6) is 0 Å². The number of nitrogens with one attached hydrogen (secondary N) is 1. The predicted octanol–water partition coefficient (Wildman–Crippen LogP) is 1.71. The summed E-state index contributed by atoms with van der Waals surface area (Å²) in [7, 11) is 2.22. The van der Waals surface area contributed by atoms with Crippen LogP contribution in [0.25, 0.3) is 0 Å². The summed E-state index contributed by atoms with van der Waals surface area (Å²) in [5.41, 5.74) is 1.48. The van der Waals surface area contributed by atoms with Gasteiger partial charge in [0.05, 0.1) is 6.61 Å². The maximum absolute atomic E-state index is 5.70. The smallest absolute Gasteiger partial charge is 0.0547 e. The zero-order chi connectivity index (χ0) is 14.5. The first-order valence-electron chi connectivity index (χ1n) is 8.15. The summed E-state index contributed by atoms with van der Waals surface area (Å²) in [4.78, 5) is 6.85. The molecule has 2 fully saturated rings. The van der Waals surface area contributed by atoms with E-state index < -0.39 is 0 Å². The molecule has 0 spiro atoms. The Labute approximate surface area is 127 Å². The van der Waals surface area contributed by atoms with Crippen LogP contribution in [0.1, 0.15) is 25.0 Å². The maximum atomic E-state index is 5.70. The molecule has 1 aromatic rings. The van der Waals surface area contributed by atoms with Gasteiger partial charge in [-0.2, -0.15) is 0 Å². The lowest BCUT2D eigenvalue weighted by Gasteiger charge is -2.32. The third-order valence-electron chi connectivity index (χ3n) is 4.61. The van der Waals surface area contributed by atoms with Crippen LogP contribution >= 0.6 is 0 Å². The first kappa shape index (κ1) is 14.9. The fraction of sp³-hybridized carbons (Fsp3) is 0.706. The highest BCUT2D eigenvalue weighted by atomic mass is 16.5. The normalized spacial score (nSPS) is 25.6. The SMILES string of the molecule is CN(CCc1ccccn1)CC1(CNC2CC2)CCOC1. The molecule has 1 aliphatic carbocycles. The lowest BCUT2D eigenvalue weighted by Crippen LogP contribution is -2.44. The Bertz CT molecular complexity index is 427. The molecule has 0 bridgehead atoms. The minimum atomic E-state index is 0.307. The Morgan fingerprint density at radius 3 is 3.00 bits per heavy atom. The van der Waals surface area contributed by atoms with E-state index in [9.17, 15) is 0 Å². The standard InChI is InChI=1S/C17H27N3O/c1-20(10-7-15-4-2-3-9-18-15)13-17(8-11-21-14-17)12-19-16-5-6-16/h2-4,9,16,19H,5-8,10-14H2,1H3. The van der Waals surface area contributed by atoms with Crippen molar-refractivity contribution in [2.75, 3.05) is 39.9 Å². The van der Waals surface area contributed by atoms with Crippen molar-refractivity contribution in [1.29, 1.82) is 0 Å². The largest absolute Gasteiger partial charge is 0.381 e. The first-order valence-corrected chi connectivity index (χ1v) is 8.15. The molecule has 1 saturated carbocycles. The number of aromatic nitrogens is 1. The fourth-order valence-corrected chi connectivity index (χ4v) is 3.12. The van der Waals surface area contributed by atoms with Gasteiger partial charge in [-0.1, -0.05) is 6.07 Å². The summed E-state index contributed by atoms with van der Waals surface area (Å²) in [5, 5.41) is 3.70. The number of rotatable bonds is 8. The Morgan fingerprint density at radius 2 is 2.33 bits per heavy atom. The molecule has 1 N–H and O–H groups in total. The second-order valence-corrected chi connectivity index (χ2v) is 6.77. The molecule has 116 valence electrons. The van der Waals surface area contributed by atoms with E-state index in [1.807, 2.05) is 12.3 Å². The fourth-order valence-electron chi connectivity index (χ4n) is 3.12. The van der Waals surface area contributed by atoms with Gasteiger partial charge in [0.15, 0.2) is 0 Å². The molecule has 1 aliphatic heterocycles. The van der Waals surface area contributed by atoms with E-state index in [1.54, 1.807) is 0 Å². The van der Waals surface area contributed by atoms with Crippen molar-refractivity contribution in [2.24, 2.45) is 5.41 Å². The highest BCUT2D eigenvalue weighted by Crippen LogP contribution is 2.30. The second-order valence-electron chi connectivity index (χ2n) is 6.77. The molecule has 2 aliphatic rings. The molecule has 0 amide bonds. The van der Waals surface area contributed by atoms with E-state index in [-0.39, 0.29) is 0 Å². The molecule has 1 aromatic heterocycles. The molecule has 1 unspecified atom stereocenters. The van der Waals surface area contributed by atoms with Crippen molar-refractivity contribution >= 4 is 0 Å². The Kier molecular flexibility index (Phi) is 4.88. The summed E-state index contributed by atoms with van der Waals surface area (Å²) in [6.07, 6.45) is 6.78. The second kappa shape index (κ2) is 6.86. The third kappa shape index (κ3) is 4.50. The molecular formula is C17H27N3O. The number of hydrogen-bond acceptors (Lipinski definition) is 4. The van der Waals surface area contributed by atoms with Crippen LogP contribution in [-0.4, -0.2) is 55.8 Å². The van der Waals surface area contributed by atoms with Gasteiger partial charge in [0.2, 0.25) is 0 Å². The van der Waals surface area contributed by atoms with Gasteiger partial charge in [0, 0.05) is 56.0 Å². The molecular weight excluding hydrogens is 262 g/mol. The van der Waals surface area contributed by atoms with E-state index >= 15 is 0 Å². The van der Waals surface area contributed by atoms with Crippen LogP contribution in [0.3, 0.4) is 0 Å². The molecule has 21 heavy (non-hydrogen) atoms. The predicted molar refractivity (Wildman–Crippen MR) is 84.3 cm³/mol. The van der Waals surface area contributed by atoms with Gasteiger partial charge in [-0.05, 0) is 38.4 Å². The van der Waals surface area contributed by atoms with E-state index in [4.69, 9.17) is 4.74 Å². The minimum Gasteiger partial charge on any atom is -0.381 e. The zero-order valence-corrected chi connectivity index (χ0v) is 13.1. The minimum absolute atomic E-state index is 0.307. The van der Waals surface area contributed by atoms with E-state index in [2.05, 4.69) is 34.4 Å². The zero-order valence-electron chi connectivity index (χ0n) is 13.1. The van der Waals surface area contributed by atoms with E-state index in [1.165, 1.54) is 25.0 Å². The number of nitrogens with zero attached hydrogens (tertiary/aromatic N) is 2. The van der Waals surface area contributed by atoms with Gasteiger partial charge in [-0.3, -0.25) is 4.98 Å². The topological polar surface area (TPSA) is 37.4 Å². The van der Waals surface area contributed by atoms with Crippen molar-refractivity contribution in [1.82, 2.24) is 15.2 Å². The summed E-state index contributed by atoms with van der Waals surface area (Å²) >= 11 is 0. The van der Waals surface area contributed by atoms with Crippen LogP contribution < -0.4 is 5.32 Å². The average molecular weight is 289 g/mol. The molecule has 0 radical (unpaired) electrons. The van der Waals surface area contributed by atoms with Crippen LogP contribution in [0.15, 0.2) is 24.4 Å². The summed E-state index contributed by atoms with van der Waals surface area (Å²) < 4.78 is 5.70. The molecule has 1 saturated heterocycles. The van der Waals surface area contributed by atoms with E-state index in [0.29, 0.717) is 5.41 Å². The average Bonchev–Trinajstić information content (AvgIpc) is 3.24. The molecule has 4 nitrogen and oxygen atoms in total. The van der Waals surface area contributed by atoms with Crippen molar-refractivity contribution in [3.8, 4) is 0 Å².